The Morgan fingerprint density at radius 3 is 2.78 bits per heavy atom. The Kier molecular flexibility index (Phi) is 5.00. The lowest BCUT2D eigenvalue weighted by Gasteiger charge is -2.15. The minimum atomic E-state index is 0.311. The lowest BCUT2D eigenvalue weighted by atomic mass is 10.2. The average Bonchev–Trinajstić information content (AvgIpc) is 2.89. The normalized spacial score (nSPS) is 17.9. The van der Waals surface area contributed by atoms with Crippen molar-refractivity contribution in [3.63, 3.8) is 0 Å². The van der Waals surface area contributed by atoms with Gasteiger partial charge in [0.25, 0.3) is 0 Å². The van der Waals surface area contributed by atoms with E-state index >= 15 is 0 Å². The van der Waals surface area contributed by atoms with E-state index < -0.39 is 0 Å². The third kappa shape index (κ3) is 3.70. The van der Waals surface area contributed by atoms with Gasteiger partial charge in [-0.3, -0.25) is 4.98 Å². The molecule has 1 unspecified atom stereocenters. The molecule has 1 aromatic rings. The van der Waals surface area contributed by atoms with E-state index in [0.29, 0.717) is 12.1 Å². The fourth-order valence-corrected chi connectivity index (χ4v) is 2.38. The molecule has 1 N–H and O–H groups in total. The minimum Gasteiger partial charge on any atom is -0.489 e. The Morgan fingerprint density at radius 1 is 1.39 bits per heavy atom. The van der Waals surface area contributed by atoms with E-state index in [1.165, 1.54) is 25.7 Å². The Hall–Kier alpha value is -1.09. The van der Waals surface area contributed by atoms with Crippen LogP contribution in [-0.4, -0.2) is 17.6 Å². The molecule has 1 heterocycles. The maximum absolute atomic E-state index is 5.91. The highest BCUT2D eigenvalue weighted by Gasteiger charge is 2.16. The summed E-state index contributed by atoms with van der Waals surface area (Å²) in [6, 6.07) is 4.42. The summed E-state index contributed by atoms with van der Waals surface area (Å²) in [6.07, 6.45) is 8.40. The van der Waals surface area contributed by atoms with Gasteiger partial charge in [-0.2, -0.15) is 0 Å². The number of rotatable bonds is 6. The number of ether oxygens (including phenoxy) is 1. The topological polar surface area (TPSA) is 34.1 Å². The van der Waals surface area contributed by atoms with Gasteiger partial charge in [0.2, 0.25) is 0 Å². The predicted molar refractivity (Wildman–Crippen MR) is 73.8 cm³/mol. The van der Waals surface area contributed by atoms with Gasteiger partial charge in [0.05, 0.1) is 18.0 Å². The van der Waals surface area contributed by atoms with Crippen molar-refractivity contribution in [1.29, 1.82) is 0 Å². The molecule has 0 bridgehead atoms. The molecule has 100 valence electrons. The van der Waals surface area contributed by atoms with Crippen molar-refractivity contribution in [3.8, 4) is 5.75 Å². The number of nitrogens with one attached hydrogen (secondary N) is 1. The Balaban J connectivity index is 1.88. The predicted octanol–water partition coefficient (Wildman–Crippen LogP) is 3.46. The van der Waals surface area contributed by atoms with Crippen molar-refractivity contribution in [1.82, 2.24) is 10.3 Å². The molecule has 0 aliphatic heterocycles. The van der Waals surface area contributed by atoms with Crippen LogP contribution >= 0.6 is 0 Å². The largest absolute Gasteiger partial charge is 0.489 e. The van der Waals surface area contributed by atoms with Crippen LogP contribution in [-0.2, 0) is 0 Å². The molecule has 1 aliphatic carbocycles. The third-order valence-corrected chi connectivity index (χ3v) is 3.51. The fourth-order valence-electron chi connectivity index (χ4n) is 2.38. The van der Waals surface area contributed by atoms with Crippen LogP contribution in [0.3, 0.4) is 0 Å². The minimum absolute atomic E-state index is 0.311. The van der Waals surface area contributed by atoms with Crippen molar-refractivity contribution in [3.05, 3.63) is 24.0 Å². The van der Waals surface area contributed by atoms with Crippen LogP contribution in [0.25, 0.3) is 0 Å². The van der Waals surface area contributed by atoms with Gasteiger partial charge in [-0.15, -0.1) is 0 Å². The van der Waals surface area contributed by atoms with Crippen molar-refractivity contribution < 1.29 is 4.74 Å². The van der Waals surface area contributed by atoms with Crippen molar-refractivity contribution in [2.45, 2.75) is 58.1 Å². The molecule has 0 saturated heterocycles. The van der Waals surface area contributed by atoms with Gasteiger partial charge in [0, 0.05) is 6.04 Å². The smallest absolute Gasteiger partial charge is 0.138 e. The van der Waals surface area contributed by atoms with E-state index in [0.717, 1.165) is 24.4 Å². The molecule has 2 rings (SSSR count). The zero-order chi connectivity index (χ0) is 12.8. The summed E-state index contributed by atoms with van der Waals surface area (Å²) >= 11 is 0. The molecule has 1 saturated carbocycles. The molecule has 0 spiro atoms. The van der Waals surface area contributed by atoms with E-state index in [-0.39, 0.29) is 0 Å². The standard InChI is InChI=1S/C15H24N2O/c1-3-10-16-12(2)15-9-8-14(11-17-15)18-13-6-4-5-7-13/h8-9,11-13,16H,3-7,10H2,1-2H3. The van der Waals surface area contributed by atoms with Gasteiger partial charge in [-0.05, 0) is 57.7 Å². The zero-order valence-corrected chi connectivity index (χ0v) is 11.5. The Bertz CT molecular complexity index is 344. The highest BCUT2D eigenvalue weighted by Crippen LogP contribution is 2.24. The number of hydrogen-bond donors (Lipinski definition) is 1. The molecular formula is C15H24N2O. The first-order chi connectivity index (χ1) is 8.79. The number of nitrogens with zero attached hydrogens (tertiary/aromatic N) is 1. The van der Waals surface area contributed by atoms with Crippen molar-refractivity contribution in [2.24, 2.45) is 0 Å². The first-order valence-corrected chi connectivity index (χ1v) is 7.15. The highest BCUT2D eigenvalue weighted by atomic mass is 16.5. The summed E-state index contributed by atoms with van der Waals surface area (Å²) in [4.78, 5) is 4.49. The lowest BCUT2D eigenvalue weighted by molar-refractivity contribution is 0.209. The number of aromatic nitrogens is 1. The molecular weight excluding hydrogens is 224 g/mol. The third-order valence-electron chi connectivity index (χ3n) is 3.51. The summed E-state index contributed by atoms with van der Waals surface area (Å²) in [6.45, 7) is 5.35. The van der Waals surface area contributed by atoms with Crippen molar-refractivity contribution >= 4 is 0 Å². The fraction of sp³-hybridized carbons (Fsp3) is 0.667. The average molecular weight is 248 g/mol. The van der Waals surface area contributed by atoms with E-state index in [1.807, 2.05) is 12.3 Å². The maximum atomic E-state index is 5.91. The number of pyridine rings is 1. The number of hydrogen-bond acceptors (Lipinski definition) is 3. The van der Waals surface area contributed by atoms with Gasteiger partial charge >= 0.3 is 0 Å². The highest BCUT2D eigenvalue weighted by molar-refractivity contribution is 5.21. The summed E-state index contributed by atoms with van der Waals surface area (Å²) in [5, 5.41) is 3.44. The zero-order valence-electron chi connectivity index (χ0n) is 11.5. The van der Waals surface area contributed by atoms with Gasteiger partial charge < -0.3 is 10.1 Å². The monoisotopic (exact) mass is 248 g/mol. The molecule has 3 heteroatoms. The van der Waals surface area contributed by atoms with Gasteiger partial charge in [0.15, 0.2) is 0 Å². The van der Waals surface area contributed by atoms with Crippen LogP contribution in [0, 0.1) is 0 Å². The molecule has 1 aliphatic rings. The van der Waals surface area contributed by atoms with Crippen LogP contribution in [0.2, 0.25) is 0 Å². The quantitative estimate of drug-likeness (QED) is 0.837. The van der Waals surface area contributed by atoms with Crippen LogP contribution in [0.5, 0.6) is 5.75 Å². The van der Waals surface area contributed by atoms with E-state index in [4.69, 9.17) is 4.74 Å². The molecule has 18 heavy (non-hydrogen) atoms. The second kappa shape index (κ2) is 6.74. The van der Waals surface area contributed by atoms with Gasteiger partial charge in [-0.25, -0.2) is 0 Å². The molecule has 1 fully saturated rings. The van der Waals surface area contributed by atoms with Crippen LogP contribution in [0.15, 0.2) is 18.3 Å². The first kappa shape index (κ1) is 13.3. The second-order valence-electron chi connectivity index (χ2n) is 5.12. The second-order valence-corrected chi connectivity index (χ2v) is 5.12. The summed E-state index contributed by atoms with van der Waals surface area (Å²) in [7, 11) is 0. The Labute approximate surface area is 110 Å². The van der Waals surface area contributed by atoms with Crippen LogP contribution in [0.4, 0.5) is 0 Å². The van der Waals surface area contributed by atoms with Gasteiger partial charge in [-0.1, -0.05) is 6.92 Å². The molecule has 0 aromatic carbocycles. The van der Waals surface area contributed by atoms with E-state index in [1.54, 1.807) is 0 Å². The molecule has 0 amide bonds. The molecule has 0 radical (unpaired) electrons. The first-order valence-electron chi connectivity index (χ1n) is 7.15. The molecule has 3 nitrogen and oxygen atoms in total. The van der Waals surface area contributed by atoms with E-state index in [9.17, 15) is 0 Å². The van der Waals surface area contributed by atoms with Gasteiger partial charge in [0.1, 0.15) is 5.75 Å². The van der Waals surface area contributed by atoms with E-state index in [2.05, 4.69) is 30.2 Å². The Morgan fingerprint density at radius 2 is 2.17 bits per heavy atom. The summed E-state index contributed by atoms with van der Waals surface area (Å²) in [5.74, 6) is 0.911. The SMILES string of the molecule is CCCNC(C)c1ccc(OC2CCCC2)cn1. The molecule has 1 aromatic heterocycles. The summed E-state index contributed by atoms with van der Waals surface area (Å²) in [5.41, 5.74) is 1.09. The van der Waals surface area contributed by atoms with Crippen LogP contribution in [0.1, 0.15) is 57.7 Å². The summed E-state index contributed by atoms with van der Waals surface area (Å²) < 4.78 is 5.91. The maximum Gasteiger partial charge on any atom is 0.138 e. The molecule has 1 atom stereocenters. The lowest BCUT2D eigenvalue weighted by Crippen LogP contribution is -2.20. The van der Waals surface area contributed by atoms with Crippen LogP contribution < -0.4 is 10.1 Å². The van der Waals surface area contributed by atoms with Crippen molar-refractivity contribution in [2.75, 3.05) is 6.54 Å².